The molecule has 2 heterocycles. The number of rotatable bonds is 2. The summed E-state index contributed by atoms with van der Waals surface area (Å²) in [6.45, 7) is 3.70. The number of fused-ring (bicyclic) bond motifs is 1. The van der Waals surface area contributed by atoms with Crippen molar-refractivity contribution >= 4 is 40.5 Å². The quantitative estimate of drug-likeness (QED) is 0.865. The van der Waals surface area contributed by atoms with Gasteiger partial charge in [0.05, 0.1) is 22.0 Å². The Bertz CT molecular complexity index is 893. The maximum atomic E-state index is 13.3. The molecule has 0 radical (unpaired) electrons. The first-order valence-electron chi connectivity index (χ1n) is 8.97. The third kappa shape index (κ3) is 3.50. The Hall–Kier alpha value is -2.57. The minimum Gasteiger partial charge on any atom is -0.369 e. The monoisotopic (exact) mass is 384 g/mol. The van der Waals surface area contributed by atoms with Gasteiger partial charge in [-0.05, 0) is 37.4 Å². The molecule has 1 N–H and O–H groups in total. The standard InChI is InChI=1S/C20H21ClN4O2/c1-23-8-10-24(11-9-23)14-6-7-17-15(12-14)20(27)25(13-19(26)22-17)18-5-3-2-4-16(18)21/h2-7,12H,8-11,13H2,1H3,(H,22,26). The van der Waals surface area contributed by atoms with Crippen LogP contribution in [-0.2, 0) is 4.79 Å². The van der Waals surface area contributed by atoms with Gasteiger partial charge in [0.15, 0.2) is 0 Å². The zero-order chi connectivity index (χ0) is 19.0. The van der Waals surface area contributed by atoms with Gasteiger partial charge < -0.3 is 15.1 Å². The van der Waals surface area contributed by atoms with Gasteiger partial charge in [0, 0.05) is 31.9 Å². The second-order valence-electron chi connectivity index (χ2n) is 6.91. The molecule has 1 saturated heterocycles. The van der Waals surface area contributed by atoms with E-state index in [1.165, 1.54) is 4.90 Å². The highest BCUT2D eigenvalue weighted by Gasteiger charge is 2.29. The number of nitrogens with one attached hydrogen (secondary N) is 1. The SMILES string of the molecule is CN1CCN(c2ccc3c(c2)C(=O)N(c2ccccc2Cl)CC(=O)N3)CC1. The van der Waals surface area contributed by atoms with Crippen LogP contribution in [0.15, 0.2) is 42.5 Å². The van der Waals surface area contributed by atoms with Crippen molar-refractivity contribution in [2.24, 2.45) is 0 Å². The van der Waals surface area contributed by atoms with E-state index in [-0.39, 0.29) is 18.4 Å². The van der Waals surface area contributed by atoms with E-state index in [0.717, 1.165) is 31.9 Å². The molecule has 0 unspecified atom stereocenters. The molecule has 2 aromatic carbocycles. The van der Waals surface area contributed by atoms with Crippen molar-refractivity contribution < 1.29 is 9.59 Å². The molecule has 0 saturated carbocycles. The van der Waals surface area contributed by atoms with Crippen LogP contribution in [0.3, 0.4) is 0 Å². The van der Waals surface area contributed by atoms with Gasteiger partial charge in [-0.25, -0.2) is 0 Å². The molecule has 2 aliphatic rings. The van der Waals surface area contributed by atoms with Gasteiger partial charge in [-0.2, -0.15) is 0 Å². The lowest BCUT2D eigenvalue weighted by molar-refractivity contribution is -0.114. The molecule has 0 aromatic heterocycles. The molecule has 1 fully saturated rings. The fourth-order valence-electron chi connectivity index (χ4n) is 3.50. The van der Waals surface area contributed by atoms with Crippen LogP contribution in [0.4, 0.5) is 17.1 Å². The van der Waals surface area contributed by atoms with E-state index in [0.29, 0.717) is 22.0 Å². The Morgan fingerprint density at radius 3 is 2.48 bits per heavy atom. The van der Waals surface area contributed by atoms with Crippen molar-refractivity contribution in [3.05, 3.63) is 53.1 Å². The minimum atomic E-state index is -0.241. The Kier molecular flexibility index (Phi) is 4.76. The number of hydrogen-bond donors (Lipinski definition) is 1. The highest BCUT2D eigenvalue weighted by atomic mass is 35.5. The number of benzene rings is 2. The van der Waals surface area contributed by atoms with Gasteiger partial charge in [-0.3, -0.25) is 14.5 Å². The number of carbonyl (C=O) groups is 2. The second kappa shape index (κ2) is 7.21. The Morgan fingerprint density at radius 2 is 1.74 bits per heavy atom. The van der Waals surface area contributed by atoms with Crippen LogP contribution in [0.25, 0.3) is 0 Å². The lowest BCUT2D eigenvalue weighted by Crippen LogP contribution is -2.44. The van der Waals surface area contributed by atoms with Gasteiger partial charge in [0.2, 0.25) is 5.91 Å². The molecule has 7 heteroatoms. The first-order chi connectivity index (χ1) is 13.0. The zero-order valence-electron chi connectivity index (χ0n) is 15.1. The van der Waals surface area contributed by atoms with E-state index in [1.807, 2.05) is 18.2 Å². The van der Waals surface area contributed by atoms with Crippen LogP contribution in [0.1, 0.15) is 10.4 Å². The maximum Gasteiger partial charge on any atom is 0.260 e. The summed E-state index contributed by atoms with van der Waals surface area (Å²) in [5, 5.41) is 3.28. The molecule has 6 nitrogen and oxygen atoms in total. The van der Waals surface area contributed by atoms with Crippen LogP contribution in [0, 0.1) is 0 Å². The van der Waals surface area contributed by atoms with Crippen LogP contribution in [-0.4, -0.2) is 56.5 Å². The number of halogens is 1. The summed E-state index contributed by atoms with van der Waals surface area (Å²) in [7, 11) is 2.11. The van der Waals surface area contributed by atoms with E-state index >= 15 is 0 Å². The van der Waals surface area contributed by atoms with Crippen molar-refractivity contribution in [2.75, 3.05) is 54.9 Å². The Morgan fingerprint density at radius 1 is 1.00 bits per heavy atom. The average molecular weight is 385 g/mol. The molecule has 2 amide bonds. The summed E-state index contributed by atoms with van der Waals surface area (Å²) in [5.41, 5.74) is 2.55. The Balaban J connectivity index is 1.71. The van der Waals surface area contributed by atoms with E-state index < -0.39 is 0 Å². The largest absolute Gasteiger partial charge is 0.369 e. The first-order valence-corrected chi connectivity index (χ1v) is 9.34. The summed E-state index contributed by atoms with van der Waals surface area (Å²) < 4.78 is 0. The number of amides is 2. The molecule has 2 aliphatic heterocycles. The van der Waals surface area contributed by atoms with E-state index in [2.05, 4.69) is 22.2 Å². The van der Waals surface area contributed by atoms with Crippen molar-refractivity contribution in [1.29, 1.82) is 0 Å². The fourth-order valence-corrected chi connectivity index (χ4v) is 3.73. The normalized spacial score (nSPS) is 18.1. The van der Waals surface area contributed by atoms with Gasteiger partial charge in [0.1, 0.15) is 6.54 Å². The van der Waals surface area contributed by atoms with Crippen molar-refractivity contribution in [2.45, 2.75) is 0 Å². The molecule has 0 aliphatic carbocycles. The molecule has 0 atom stereocenters. The van der Waals surface area contributed by atoms with Crippen LogP contribution >= 0.6 is 11.6 Å². The van der Waals surface area contributed by atoms with E-state index in [9.17, 15) is 9.59 Å². The molecular formula is C20H21ClN4O2. The zero-order valence-corrected chi connectivity index (χ0v) is 15.9. The average Bonchev–Trinajstić information content (AvgIpc) is 2.79. The fraction of sp³-hybridized carbons (Fsp3) is 0.300. The smallest absolute Gasteiger partial charge is 0.260 e. The number of nitrogens with zero attached hydrogens (tertiary/aromatic N) is 3. The summed E-state index contributed by atoms with van der Waals surface area (Å²) in [4.78, 5) is 31.6. The van der Waals surface area contributed by atoms with Gasteiger partial charge >= 0.3 is 0 Å². The Labute approximate surface area is 163 Å². The minimum absolute atomic E-state index is 0.0684. The number of carbonyl (C=O) groups excluding carboxylic acids is 2. The topological polar surface area (TPSA) is 55.9 Å². The van der Waals surface area contributed by atoms with Gasteiger partial charge in [-0.1, -0.05) is 23.7 Å². The summed E-state index contributed by atoms with van der Waals surface area (Å²) in [6.07, 6.45) is 0. The second-order valence-corrected chi connectivity index (χ2v) is 7.32. The first kappa shape index (κ1) is 17.8. The molecule has 140 valence electrons. The molecule has 0 spiro atoms. The highest BCUT2D eigenvalue weighted by Crippen LogP contribution is 2.32. The number of piperazine rings is 1. The maximum absolute atomic E-state index is 13.3. The van der Waals surface area contributed by atoms with Gasteiger partial charge in [-0.15, -0.1) is 0 Å². The van der Waals surface area contributed by atoms with Crippen molar-refractivity contribution in [3.8, 4) is 0 Å². The van der Waals surface area contributed by atoms with E-state index in [4.69, 9.17) is 11.6 Å². The van der Waals surface area contributed by atoms with Gasteiger partial charge in [0.25, 0.3) is 5.91 Å². The third-order valence-electron chi connectivity index (χ3n) is 5.07. The summed E-state index contributed by atoms with van der Waals surface area (Å²) >= 11 is 6.28. The van der Waals surface area contributed by atoms with Crippen LogP contribution in [0.2, 0.25) is 5.02 Å². The van der Waals surface area contributed by atoms with Crippen molar-refractivity contribution in [1.82, 2.24) is 4.90 Å². The highest BCUT2D eigenvalue weighted by molar-refractivity contribution is 6.34. The summed E-state index contributed by atoms with van der Waals surface area (Å²) in [6, 6.07) is 12.7. The molecule has 27 heavy (non-hydrogen) atoms. The summed E-state index contributed by atoms with van der Waals surface area (Å²) in [5.74, 6) is -0.471. The predicted octanol–water partition coefficient (Wildman–Crippen LogP) is 2.69. The number of anilines is 3. The van der Waals surface area contributed by atoms with Crippen LogP contribution < -0.4 is 15.1 Å². The molecular weight excluding hydrogens is 364 g/mol. The predicted molar refractivity (Wildman–Crippen MR) is 108 cm³/mol. The lowest BCUT2D eigenvalue weighted by Gasteiger charge is -2.34. The van der Waals surface area contributed by atoms with Crippen molar-refractivity contribution in [3.63, 3.8) is 0 Å². The molecule has 4 rings (SSSR count). The molecule has 0 bridgehead atoms. The third-order valence-corrected chi connectivity index (χ3v) is 5.39. The molecule has 2 aromatic rings. The number of likely N-dealkylation sites (N-methyl/N-ethyl adjacent to an activating group) is 1. The number of para-hydroxylation sites is 1. The van der Waals surface area contributed by atoms with Crippen LogP contribution in [0.5, 0.6) is 0 Å². The van der Waals surface area contributed by atoms with E-state index in [1.54, 1.807) is 24.3 Å². The lowest BCUT2D eigenvalue weighted by atomic mass is 10.1. The number of hydrogen-bond acceptors (Lipinski definition) is 4.